The lowest BCUT2D eigenvalue weighted by molar-refractivity contribution is -0.401. The first kappa shape index (κ1) is 45.9. The zero-order chi connectivity index (χ0) is 46.0. The van der Waals surface area contributed by atoms with Gasteiger partial charge in [0.15, 0.2) is 5.71 Å². The van der Waals surface area contributed by atoms with Gasteiger partial charge in [-0.2, -0.15) is 4.58 Å². The predicted octanol–water partition coefficient (Wildman–Crippen LogP) is 7.44. The number of nitrogens with zero attached hydrogens (tertiary/aromatic N) is 5. The number of rotatable bonds is 11. The Morgan fingerprint density at radius 3 is 1.95 bits per heavy atom. The van der Waals surface area contributed by atoms with Crippen LogP contribution in [-0.2, 0) is 45.3 Å². The largest absolute Gasteiger partial charge is 0.363 e. The predicted molar refractivity (Wildman–Crippen MR) is 245 cm³/mol. The van der Waals surface area contributed by atoms with E-state index >= 15 is 0 Å². The van der Waals surface area contributed by atoms with Crippen molar-refractivity contribution in [2.24, 2.45) is 0 Å². The molecule has 0 bridgehead atoms. The van der Waals surface area contributed by atoms with Crippen LogP contribution in [0, 0.1) is 0 Å². The maximum Gasteiger partial charge on any atom is 0.363 e. The third-order valence-electron chi connectivity index (χ3n) is 12.4. The van der Waals surface area contributed by atoms with Gasteiger partial charge < -0.3 is 9.74 Å². The van der Waals surface area contributed by atoms with Crippen LogP contribution in [0.5, 0.6) is 0 Å². The summed E-state index contributed by atoms with van der Waals surface area (Å²) in [6, 6.07) is 17.5. The molecule has 16 heteroatoms. The van der Waals surface area contributed by atoms with Crippen LogP contribution in [0.4, 0.5) is 11.4 Å². The Balaban J connectivity index is 1.26. The summed E-state index contributed by atoms with van der Waals surface area (Å²) < 4.78 is 57.0. The summed E-state index contributed by atoms with van der Waals surface area (Å²) in [5.41, 5.74) is 7.09. The molecule has 3 aromatic carbocycles. The molecule has 332 valence electrons. The molecule has 4 aliphatic rings. The molecule has 3 heterocycles. The summed E-state index contributed by atoms with van der Waals surface area (Å²) in [6.45, 7) is 8.40. The number of sulfonamides is 2. The number of fused-ring (bicyclic) bond motifs is 2. The molecule has 0 atom stereocenters. The summed E-state index contributed by atoms with van der Waals surface area (Å²) >= 11 is 1.57. The first-order valence-electron chi connectivity index (χ1n) is 20.7. The van der Waals surface area contributed by atoms with Crippen molar-refractivity contribution >= 4 is 66.7 Å². The number of imide groups is 1. The Morgan fingerprint density at radius 1 is 0.762 bits per heavy atom. The van der Waals surface area contributed by atoms with E-state index in [0.717, 1.165) is 74.1 Å². The van der Waals surface area contributed by atoms with E-state index in [1.165, 1.54) is 36.8 Å². The maximum absolute atomic E-state index is 13.1. The zero-order valence-corrected chi connectivity index (χ0v) is 39.8. The molecule has 2 amide bonds. The molecule has 3 aliphatic heterocycles. The van der Waals surface area contributed by atoms with Gasteiger partial charge >= 0.3 is 5.97 Å². The molecule has 0 saturated carbocycles. The number of hydrogen-bond donors (Lipinski definition) is 0. The second-order valence-electron chi connectivity index (χ2n) is 17.6. The van der Waals surface area contributed by atoms with Gasteiger partial charge in [0.2, 0.25) is 25.7 Å². The summed E-state index contributed by atoms with van der Waals surface area (Å²) in [4.78, 5) is 46.8. The normalized spacial score (nSPS) is 20.1. The molecule has 7 rings (SSSR count). The fourth-order valence-corrected chi connectivity index (χ4v) is 11.6. The molecule has 0 unspecified atom stereocenters. The van der Waals surface area contributed by atoms with Gasteiger partial charge in [-0.25, -0.2) is 30.2 Å². The monoisotopic (exact) mass is 912 g/mol. The number of likely N-dealkylation sites (N-methyl/N-ethyl adjacent to an activating group) is 1. The van der Waals surface area contributed by atoms with Crippen LogP contribution in [0.15, 0.2) is 121 Å². The molecular weight excluding hydrogens is 859 g/mol. The van der Waals surface area contributed by atoms with Gasteiger partial charge in [-0.3, -0.25) is 9.59 Å². The van der Waals surface area contributed by atoms with Crippen molar-refractivity contribution in [3.8, 4) is 0 Å². The van der Waals surface area contributed by atoms with E-state index in [9.17, 15) is 31.2 Å². The molecule has 1 fully saturated rings. The van der Waals surface area contributed by atoms with Crippen molar-refractivity contribution in [3.05, 3.63) is 123 Å². The highest BCUT2D eigenvalue weighted by atomic mass is 32.2. The van der Waals surface area contributed by atoms with Crippen LogP contribution in [-0.4, -0.2) is 101 Å². The van der Waals surface area contributed by atoms with Crippen LogP contribution in [0.1, 0.15) is 81.3 Å². The molecule has 0 N–H and O–H groups in total. The van der Waals surface area contributed by atoms with E-state index in [1.54, 1.807) is 48.2 Å². The number of anilines is 1. The minimum atomic E-state index is -3.64. The Morgan fingerprint density at radius 2 is 1.35 bits per heavy atom. The first-order chi connectivity index (χ1) is 29.5. The number of allylic oxidation sites excluding steroid dienone is 7. The average molecular weight is 913 g/mol. The topological polar surface area (TPSA) is 145 Å². The smallest absolute Gasteiger partial charge is 0.347 e. The van der Waals surface area contributed by atoms with Crippen LogP contribution < -0.4 is 4.90 Å². The van der Waals surface area contributed by atoms with Gasteiger partial charge in [-0.1, -0.05) is 37.8 Å². The molecular formula is C47H54N5O8S3+. The number of thioether (sulfide) groups is 1. The molecule has 1 saturated heterocycles. The van der Waals surface area contributed by atoms with Crippen molar-refractivity contribution in [2.45, 2.75) is 85.3 Å². The number of amides is 2. The summed E-state index contributed by atoms with van der Waals surface area (Å²) in [5.74, 6) is -1.89. The van der Waals surface area contributed by atoms with E-state index in [1.807, 2.05) is 38.4 Å². The van der Waals surface area contributed by atoms with E-state index < -0.39 is 48.7 Å². The highest BCUT2D eigenvalue weighted by molar-refractivity contribution is 8.03. The highest BCUT2D eigenvalue weighted by Crippen LogP contribution is 2.49. The van der Waals surface area contributed by atoms with Gasteiger partial charge in [0, 0.05) is 92.4 Å². The van der Waals surface area contributed by atoms with E-state index in [2.05, 4.69) is 61.5 Å². The molecule has 63 heavy (non-hydrogen) atoms. The number of benzene rings is 3. The zero-order valence-electron chi connectivity index (χ0n) is 37.3. The van der Waals surface area contributed by atoms with Crippen molar-refractivity contribution in [3.63, 3.8) is 0 Å². The number of hydrogen-bond acceptors (Lipinski definition) is 10. The Hall–Kier alpha value is -5.13. The van der Waals surface area contributed by atoms with Gasteiger partial charge in [-0.15, -0.1) is 5.06 Å². The molecule has 1 aliphatic carbocycles. The summed E-state index contributed by atoms with van der Waals surface area (Å²) in [5, 5.41) is 0.540. The van der Waals surface area contributed by atoms with Crippen LogP contribution in [0.3, 0.4) is 0 Å². The second-order valence-corrected chi connectivity index (χ2v) is 22.9. The lowest BCUT2D eigenvalue weighted by Gasteiger charge is -2.25. The van der Waals surface area contributed by atoms with Crippen molar-refractivity contribution in [1.29, 1.82) is 0 Å². The second kappa shape index (κ2) is 16.8. The van der Waals surface area contributed by atoms with Crippen molar-refractivity contribution in [2.75, 3.05) is 47.2 Å². The minimum Gasteiger partial charge on any atom is -0.347 e. The van der Waals surface area contributed by atoms with E-state index in [4.69, 9.17) is 4.84 Å². The number of hydroxylamine groups is 2. The van der Waals surface area contributed by atoms with E-state index in [0.29, 0.717) is 5.06 Å². The SMILES string of the molecule is CN1/C(=C/C=C2\CCCC(/C=C/C3=[N+](C)c4ccc(S(=O)(=O)N(C)C)cc4C3(C)C)=C2Sc2ccc(C(=O)ON3C(=O)CCC3=O)cc2)C(C)(C)c2cc(S(=O)(=O)N(C)C)ccc21. The third-order valence-corrected chi connectivity index (χ3v) is 17.3. The third kappa shape index (κ3) is 8.27. The van der Waals surface area contributed by atoms with Crippen LogP contribution >= 0.6 is 11.8 Å². The molecule has 0 aromatic heterocycles. The summed E-state index contributed by atoms with van der Waals surface area (Å²) in [7, 11) is 2.82. The van der Waals surface area contributed by atoms with Gasteiger partial charge in [-0.05, 0) is 110 Å². The van der Waals surface area contributed by atoms with Crippen LogP contribution in [0.25, 0.3) is 0 Å². The van der Waals surface area contributed by atoms with Gasteiger partial charge in [0.05, 0.1) is 20.8 Å². The first-order valence-corrected chi connectivity index (χ1v) is 24.4. The van der Waals surface area contributed by atoms with Crippen molar-refractivity contribution in [1.82, 2.24) is 13.7 Å². The van der Waals surface area contributed by atoms with Crippen LogP contribution in [0.2, 0.25) is 0 Å². The standard InChI is InChI=1S/C47H54N5O8S3/c1-46(2)36-28-34(62(56,57)48(5)6)20-22-38(36)50(9)40(46)24-16-30-12-11-13-31(44(30)61-33-18-14-32(15-19-33)45(55)60-52-42(53)26-27-43(52)54)17-25-41-47(3,4)37-29-35(63(58,59)49(7)8)21-23-39(37)51(41)10/h14-25,28-29H,11-13,26-27H2,1-10H3/q+1. The fourth-order valence-electron chi connectivity index (χ4n) is 8.65. The number of carbonyl (C=O) groups is 3. The lowest BCUT2D eigenvalue weighted by Crippen LogP contribution is -2.32. The van der Waals surface area contributed by atoms with Gasteiger partial charge in [0.25, 0.3) is 11.8 Å². The quantitative estimate of drug-likeness (QED) is 0.141. The summed E-state index contributed by atoms with van der Waals surface area (Å²) in [6.07, 6.45) is 11.1. The van der Waals surface area contributed by atoms with E-state index in [-0.39, 0.29) is 28.2 Å². The molecule has 0 spiro atoms. The molecule has 13 nitrogen and oxygen atoms in total. The molecule has 3 aromatic rings. The lowest BCUT2D eigenvalue weighted by atomic mass is 9.81. The fraction of sp³-hybridized carbons (Fsp3) is 0.362. The van der Waals surface area contributed by atoms with Crippen molar-refractivity contribution < 1.29 is 40.6 Å². The minimum absolute atomic E-state index is 0.00483. The number of carbonyl (C=O) groups excluding carboxylic acids is 3. The molecule has 0 radical (unpaired) electrons. The Labute approximate surface area is 375 Å². The average Bonchev–Trinajstić information content (AvgIpc) is 3.73. The highest BCUT2D eigenvalue weighted by Gasteiger charge is 2.44. The maximum atomic E-state index is 13.1. The van der Waals surface area contributed by atoms with Gasteiger partial charge in [0.1, 0.15) is 7.05 Å². The Kier molecular flexibility index (Phi) is 12.2. The Bertz CT molecular complexity index is 2820.